The number of ether oxygens (including phenoxy) is 1. The van der Waals surface area contributed by atoms with Gasteiger partial charge in [0.25, 0.3) is 5.91 Å². The molecule has 2 aromatic carbocycles. The topological polar surface area (TPSA) is 68.3 Å². The minimum Gasteiger partial charge on any atom is -0.462 e. The predicted octanol–water partition coefficient (Wildman–Crippen LogP) is 7.59. The van der Waals surface area contributed by atoms with Crippen molar-refractivity contribution in [1.82, 2.24) is 4.98 Å². The first-order chi connectivity index (χ1) is 17.3. The van der Waals surface area contributed by atoms with Crippen LogP contribution in [0.25, 0.3) is 22.2 Å². The Morgan fingerprint density at radius 1 is 1.17 bits per heavy atom. The number of esters is 1. The van der Waals surface area contributed by atoms with Gasteiger partial charge in [-0.3, -0.25) is 4.79 Å². The third kappa shape index (κ3) is 4.82. The van der Waals surface area contributed by atoms with Crippen LogP contribution in [-0.2, 0) is 17.6 Å². The van der Waals surface area contributed by atoms with Gasteiger partial charge in [0.15, 0.2) is 0 Å². The molecule has 1 N–H and O–H groups in total. The lowest BCUT2D eigenvalue weighted by Gasteiger charge is -2.18. The quantitative estimate of drug-likeness (QED) is 0.254. The van der Waals surface area contributed by atoms with Crippen molar-refractivity contribution in [2.24, 2.45) is 5.92 Å². The number of nitrogens with zero attached hydrogens (tertiary/aromatic N) is 1. The second-order valence-corrected chi connectivity index (χ2v) is 11.3. The number of nitrogens with one attached hydrogen (secondary N) is 1. The first-order valence-electron chi connectivity index (χ1n) is 12.1. The molecule has 2 aromatic heterocycles. The number of thiophene rings is 1. The van der Waals surface area contributed by atoms with E-state index in [9.17, 15) is 9.59 Å². The molecule has 0 fully saturated rings. The largest absolute Gasteiger partial charge is 0.462 e. The first kappa shape index (κ1) is 24.7. The number of halogens is 1. The Hall–Kier alpha value is -3.03. The summed E-state index contributed by atoms with van der Waals surface area (Å²) in [7, 11) is 0. The summed E-state index contributed by atoms with van der Waals surface area (Å²) in [5.41, 5.74) is 5.58. The Labute approximate surface area is 223 Å². The van der Waals surface area contributed by atoms with Crippen LogP contribution in [0.15, 0.2) is 53.0 Å². The molecule has 0 bridgehead atoms. The molecule has 2 heterocycles. The van der Waals surface area contributed by atoms with Crippen molar-refractivity contribution in [2.75, 3.05) is 11.9 Å². The number of pyridine rings is 1. The number of amides is 1. The summed E-state index contributed by atoms with van der Waals surface area (Å²) in [4.78, 5) is 32.7. The second-order valence-electron chi connectivity index (χ2n) is 9.31. The van der Waals surface area contributed by atoms with Gasteiger partial charge in [0, 0.05) is 20.3 Å². The van der Waals surface area contributed by atoms with Gasteiger partial charge in [0.05, 0.1) is 28.9 Å². The van der Waals surface area contributed by atoms with Gasteiger partial charge in [-0.2, -0.15) is 0 Å². The zero-order valence-electron chi connectivity index (χ0n) is 20.5. The molecule has 0 aliphatic heterocycles. The van der Waals surface area contributed by atoms with Crippen LogP contribution in [0, 0.1) is 12.8 Å². The number of anilines is 1. The monoisotopic (exact) mass is 562 g/mol. The summed E-state index contributed by atoms with van der Waals surface area (Å²) in [5.74, 6) is -0.0955. The van der Waals surface area contributed by atoms with Gasteiger partial charge in [-0.1, -0.05) is 52.7 Å². The first-order valence-corrected chi connectivity index (χ1v) is 13.7. The van der Waals surface area contributed by atoms with E-state index in [-0.39, 0.29) is 18.5 Å². The maximum atomic E-state index is 13.8. The van der Waals surface area contributed by atoms with E-state index < -0.39 is 0 Å². The Balaban J connectivity index is 1.59. The highest BCUT2D eigenvalue weighted by Gasteiger charge is 2.29. The second kappa shape index (κ2) is 10.1. The molecule has 1 aliphatic carbocycles. The van der Waals surface area contributed by atoms with Gasteiger partial charge >= 0.3 is 5.97 Å². The number of rotatable bonds is 5. The molecule has 1 amide bonds. The zero-order chi connectivity index (χ0) is 25.4. The number of fused-ring (bicyclic) bond motifs is 2. The van der Waals surface area contributed by atoms with Crippen LogP contribution in [0.3, 0.4) is 0 Å². The number of carbonyl (C=O) groups is 2. The van der Waals surface area contributed by atoms with Gasteiger partial charge in [0.1, 0.15) is 5.00 Å². The van der Waals surface area contributed by atoms with Crippen LogP contribution in [0.5, 0.6) is 0 Å². The summed E-state index contributed by atoms with van der Waals surface area (Å²) in [6.07, 6.45) is 2.75. The highest BCUT2D eigenvalue weighted by atomic mass is 79.9. The summed E-state index contributed by atoms with van der Waals surface area (Å²) < 4.78 is 6.24. The fourth-order valence-corrected chi connectivity index (χ4v) is 6.44. The molecule has 5 nitrogen and oxygen atoms in total. The van der Waals surface area contributed by atoms with Crippen LogP contribution in [-0.4, -0.2) is 23.5 Å². The average Bonchev–Trinajstić information content (AvgIpc) is 3.20. The fourth-order valence-electron chi connectivity index (χ4n) is 4.69. The van der Waals surface area contributed by atoms with Gasteiger partial charge in [-0.25, -0.2) is 9.78 Å². The number of benzene rings is 2. The lowest BCUT2D eigenvalue weighted by molar-refractivity contribution is 0.0526. The van der Waals surface area contributed by atoms with Crippen molar-refractivity contribution in [3.05, 3.63) is 80.1 Å². The summed E-state index contributed by atoms with van der Waals surface area (Å²) in [6.45, 7) is 6.34. The smallest absolute Gasteiger partial charge is 0.341 e. The molecule has 0 saturated heterocycles. The zero-order valence-corrected chi connectivity index (χ0v) is 22.9. The molecule has 1 atom stereocenters. The lowest BCUT2D eigenvalue weighted by Crippen LogP contribution is -2.17. The van der Waals surface area contributed by atoms with Crippen molar-refractivity contribution < 1.29 is 14.3 Å². The molecular formula is C29H27BrN2O3S. The van der Waals surface area contributed by atoms with E-state index in [4.69, 9.17) is 9.72 Å². The summed E-state index contributed by atoms with van der Waals surface area (Å²) in [5, 5.41) is 4.38. The normalized spacial score (nSPS) is 14.9. The molecule has 0 radical (unpaired) electrons. The molecule has 0 saturated carbocycles. The van der Waals surface area contributed by atoms with Crippen molar-refractivity contribution >= 4 is 55.0 Å². The minimum absolute atomic E-state index is 0.272. The van der Waals surface area contributed by atoms with E-state index in [1.807, 2.05) is 55.5 Å². The van der Waals surface area contributed by atoms with Crippen LogP contribution < -0.4 is 5.32 Å². The third-order valence-electron chi connectivity index (χ3n) is 6.58. The standard InChI is InChI=1S/C29H27BrN2O3S/c1-4-35-29(34)26-20-11-7-17(3)13-25(20)36-28(26)32-27(33)22-15-24(18-8-5-16(2)6-9-18)31-23-12-10-19(30)14-21(22)23/h5-6,8-10,12,14-15,17H,4,7,11,13H2,1-3H3,(H,32,33). The van der Waals surface area contributed by atoms with Crippen molar-refractivity contribution in [1.29, 1.82) is 0 Å². The molecular weight excluding hydrogens is 536 g/mol. The SMILES string of the molecule is CCOC(=O)c1c(NC(=O)c2cc(-c3ccc(C)cc3)nc3ccc(Br)cc23)sc2c1CCC(C)C2. The summed E-state index contributed by atoms with van der Waals surface area (Å²) in [6, 6.07) is 15.6. The maximum absolute atomic E-state index is 13.8. The number of aromatic nitrogens is 1. The molecule has 0 spiro atoms. The predicted molar refractivity (Wildman–Crippen MR) is 149 cm³/mol. The molecule has 1 aliphatic rings. The molecule has 5 rings (SSSR count). The molecule has 4 aromatic rings. The van der Waals surface area contributed by atoms with Crippen molar-refractivity contribution in [3.63, 3.8) is 0 Å². The fraction of sp³-hybridized carbons (Fsp3) is 0.276. The van der Waals surface area contributed by atoms with E-state index in [1.165, 1.54) is 11.3 Å². The number of hydrogen-bond donors (Lipinski definition) is 1. The van der Waals surface area contributed by atoms with E-state index in [0.29, 0.717) is 22.0 Å². The molecule has 1 unspecified atom stereocenters. The van der Waals surface area contributed by atoms with Gasteiger partial charge in [-0.05, 0) is 68.9 Å². The summed E-state index contributed by atoms with van der Waals surface area (Å²) >= 11 is 5.02. The highest BCUT2D eigenvalue weighted by Crippen LogP contribution is 2.40. The van der Waals surface area contributed by atoms with Gasteiger partial charge in [0.2, 0.25) is 0 Å². The molecule has 184 valence electrons. The van der Waals surface area contributed by atoms with E-state index in [1.54, 1.807) is 6.92 Å². The number of carbonyl (C=O) groups excluding carboxylic acids is 2. The third-order valence-corrected chi connectivity index (χ3v) is 8.24. The molecule has 36 heavy (non-hydrogen) atoms. The van der Waals surface area contributed by atoms with E-state index in [2.05, 4.69) is 28.2 Å². The van der Waals surface area contributed by atoms with E-state index in [0.717, 1.165) is 61.9 Å². The number of hydrogen-bond acceptors (Lipinski definition) is 5. The molecule has 7 heteroatoms. The van der Waals surface area contributed by atoms with Gasteiger partial charge in [-0.15, -0.1) is 11.3 Å². The van der Waals surface area contributed by atoms with Crippen LogP contribution in [0.1, 0.15) is 57.0 Å². The van der Waals surface area contributed by atoms with Gasteiger partial charge < -0.3 is 10.1 Å². The average molecular weight is 564 g/mol. The highest BCUT2D eigenvalue weighted by molar-refractivity contribution is 9.10. The Bertz CT molecular complexity index is 1480. The Morgan fingerprint density at radius 3 is 2.69 bits per heavy atom. The van der Waals surface area contributed by atoms with Crippen LogP contribution in [0.4, 0.5) is 5.00 Å². The Morgan fingerprint density at radius 2 is 1.94 bits per heavy atom. The minimum atomic E-state index is -0.373. The Kier molecular flexibility index (Phi) is 6.95. The number of aryl methyl sites for hydroxylation is 1. The maximum Gasteiger partial charge on any atom is 0.341 e. The van der Waals surface area contributed by atoms with Crippen LogP contribution in [0.2, 0.25) is 0 Å². The van der Waals surface area contributed by atoms with Crippen LogP contribution >= 0.6 is 27.3 Å². The lowest BCUT2D eigenvalue weighted by atomic mass is 9.88. The van der Waals surface area contributed by atoms with Crippen molar-refractivity contribution in [2.45, 2.75) is 40.0 Å². The van der Waals surface area contributed by atoms with Crippen molar-refractivity contribution in [3.8, 4) is 11.3 Å². The van der Waals surface area contributed by atoms with E-state index >= 15 is 0 Å².